The van der Waals surface area contributed by atoms with Gasteiger partial charge in [0.2, 0.25) is 5.02 Å². The van der Waals surface area contributed by atoms with E-state index in [1.165, 1.54) is 12.8 Å². The Hall–Kier alpha value is 0.260. The SMILES string of the molecule is CC(N)(P(=O)(O)O)P(=O)(O)O.CCCC. The first-order chi connectivity index (χ1) is 6.41. The highest BCUT2D eigenvalue weighted by Gasteiger charge is 2.53. The van der Waals surface area contributed by atoms with Crippen LogP contribution in [0.1, 0.15) is 33.6 Å². The monoisotopic (exact) mass is 263 g/mol. The fourth-order valence-electron chi connectivity index (χ4n) is 0.170. The highest BCUT2D eigenvalue weighted by Crippen LogP contribution is 2.65. The molecule has 0 aliphatic heterocycles. The van der Waals surface area contributed by atoms with Crippen molar-refractivity contribution in [1.82, 2.24) is 0 Å². The number of nitrogens with two attached hydrogens (primary N) is 1. The molecule has 0 aliphatic rings. The average molecular weight is 263 g/mol. The molecule has 94 valence electrons. The fourth-order valence-corrected chi connectivity index (χ4v) is 1.53. The Morgan fingerprint density at radius 1 is 1.00 bits per heavy atom. The molecule has 0 rings (SSSR count). The van der Waals surface area contributed by atoms with E-state index in [1.54, 1.807) is 0 Å². The molecule has 0 aromatic heterocycles. The van der Waals surface area contributed by atoms with Gasteiger partial charge in [-0.05, 0) is 6.92 Å². The van der Waals surface area contributed by atoms with Crippen LogP contribution in [0.25, 0.3) is 0 Å². The zero-order valence-corrected chi connectivity index (χ0v) is 10.8. The van der Waals surface area contributed by atoms with E-state index in [1.807, 2.05) is 0 Å². The van der Waals surface area contributed by atoms with Crippen molar-refractivity contribution in [2.45, 2.75) is 38.6 Å². The van der Waals surface area contributed by atoms with Crippen LogP contribution < -0.4 is 5.73 Å². The maximum atomic E-state index is 10.4. The molecule has 6 N–H and O–H groups in total. The molecule has 0 spiro atoms. The van der Waals surface area contributed by atoms with Gasteiger partial charge in [-0.25, -0.2) is 0 Å². The maximum absolute atomic E-state index is 10.4. The van der Waals surface area contributed by atoms with Crippen molar-refractivity contribution in [2.24, 2.45) is 5.73 Å². The van der Waals surface area contributed by atoms with E-state index in [9.17, 15) is 9.13 Å². The van der Waals surface area contributed by atoms with E-state index >= 15 is 0 Å². The Labute approximate surface area is 89.0 Å². The first kappa shape index (κ1) is 17.6. The number of unbranched alkanes of at least 4 members (excludes halogenated alkanes) is 1. The molecule has 0 saturated carbocycles. The third-order valence-electron chi connectivity index (χ3n) is 1.68. The van der Waals surface area contributed by atoms with Gasteiger partial charge in [0.1, 0.15) is 0 Å². The highest BCUT2D eigenvalue weighted by molar-refractivity contribution is 7.72. The van der Waals surface area contributed by atoms with Crippen LogP contribution in [0.3, 0.4) is 0 Å². The van der Waals surface area contributed by atoms with Crippen molar-refractivity contribution in [2.75, 3.05) is 0 Å². The zero-order valence-electron chi connectivity index (χ0n) is 8.99. The minimum absolute atomic E-state index is 0.606. The number of hydrogen-bond donors (Lipinski definition) is 5. The first-order valence-electron chi connectivity index (χ1n) is 4.32. The van der Waals surface area contributed by atoms with E-state index in [4.69, 9.17) is 25.3 Å². The molecule has 0 saturated heterocycles. The molecule has 0 aromatic rings. The normalized spacial score (nSPS) is 13.1. The van der Waals surface area contributed by atoms with Crippen LogP contribution in [-0.2, 0) is 9.13 Å². The topological polar surface area (TPSA) is 141 Å². The Morgan fingerprint density at radius 3 is 1.20 bits per heavy atom. The molecule has 0 aromatic carbocycles. The molecule has 0 bridgehead atoms. The standard InChI is InChI=1S/C4H10.C2H9NO6P2/c1-3-4-2;1-2(3,10(4,5)6)11(7,8)9/h3-4H2,1-2H3;3H2,1H3,(H2,4,5,6)(H2,7,8,9). The molecular formula is C6H19NO6P2. The van der Waals surface area contributed by atoms with Crippen LogP contribution in [0, 0.1) is 0 Å². The van der Waals surface area contributed by atoms with Crippen LogP contribution in [0.4, 0.5) is 0 Å². The summed E-state index contributed by atoms with van der Waals surface area (Å²) in [6.45, 7) is 4.97. The predicted octanol–water partition coefficient (Wildman–Crippen LogP) is 0.781. The quantitative estimate of drug-likeness (QED) is 0.473. The highest BCUT2D eigenvalue weighted by atomic mass is 31.2. The Morgan fingerprint density at radius 2 is 1.20 bits per heavy atom. The molecule has 0 radical (unpaired) electrons. The summed E-state index contributed by atoms with van der Waals surface area (Å²) in [5, 5.41) is -2.79. The molecule has 0 atom stereocenters. The molecule has 0 fully saturated rings. The summed E-state index contributed by atoms with van der Waals surface area (Å²) >= 11 is 0. The predicted molar refractivity (Wildman–Crippen MR) is 57.3 cm³/mol. The Balaban J connectivity index is 0. The Bertz CT molecular complexity index is 241. The van der Waals surface area contributed by atoms with E-state index < -0.39 is 20.2 Å². The van der Waals surface area contributed by atoms with Gasteiger partial charge in [-0.15, -0.1) is 0 Å². The lowest BCUT2D eigenvalue weighted by molar-refractivity contribution is 0.315. The minimum Gasteiger partial charge on any atom is -0.323 e. The van der Waals surface area contributed by atoms with E-state index in [-0.39, 0.29) is 0 Å². The van der Waals surface area contributed by atoms with Crippen molar-refractivity contribution in [3.8, 4) is 0 Å². The van der Waals surface area contributed by atoms with Crippen molar-refractivity contribution in [3.05, 3.63) is 0 Å². The lowest BCUT2D eigenvalue weighted by Crippen LogP contribution is -2.35. The number of hydrogen-bond acceptors (Lipinski definition) is 3. The van der Waals surface area contributed by atoms with Gasteiger partial charge >= 0.3 is 15.2 Å². The zero-order chi connectivity index (χ0) is 12.9. The summed E-state index contributed by atoms with van der Waals surface area (Å²) in [5.74, 6) is 0. The molecule has 0 heterocycles. The second kappa shape index (κ2) is 6.11. The summed E-state index contributed by atoms with van der Waals surface area (Å²) < 4.78 is 20.8. The summed E-state index contributed by atoms with van der Waals surface area (Å²) in [6.07, 6.45) is 2.64. The first-order valence-corrected chi connectivity index (χ1v) is 7.54. The van der Waals surface area contributed by atoms with Crippen LogP contribution in [0.15, 0.2) is 0 Å². The summed E-state index contributed by atoms with van der Waals surface area (Å²) in [4.78, 5) is 33.5. The smallest absolute Gasteiger partial charge is 0.323 e. The Kier molecular flexibility index (Phi) is 7.19. The maximum Gasteiger partial charge on any atom is 0.357 e. The van der Waals surface area contributed by atoms with Crippen LogP contribution in [-0.4, -0.2) is 24.6 Å². The fraction of sp³-hybridized carbons (Fsp3) is 1.00. The molecule has 0 amide bonds. The van der Waals surface area contributed by atoms with Crippen molar-refractivity contribution < 1.29 is 28.7 Å². The van der Waals surface area contributed by atoms with Crippen molar-refractivity contribution in [3.63, 3.8) is 0 Å². The second-order valence-corrected chi connectivity index (χ2v) is 7.57. The molecule has 0 unspecified atom stereocenters. The second-order valence-electron chi connectivity index (χ2n) is 3.18. The van der Waals surface area contributed by atoms with Gasteiger partial charge in [-0.1, -0.05) is 26.7 Å². The van der Waals surface area contributed by atoms with Crippen LogP contribution in [0.5, 0.6) is 0 Å². The average Bonchev–Trinajstić information content (AvgIpc) is 2.01. The van der Waals surface area contributed by atoms with Gasteiger partial charge in [-0.2, -0.15) is 0 Å². The van der Waals surface area contributed by atoms with E-state index in [0.29, 0.717) is 6.92 Å². The number of rotatable bonds is 3. The molecule has 9 heteroatoms. The van der Waals surface area contributed by atoms with Crippen molar-refractivity contribution in [1.29, 1.82) is 0 Å². The molecule has 0 aliphatic carbocycles. The van der Waals surface area contributed by atoms with Gasteiger partial charge in [-0.3, -0.25) is 9.13 Å². The lowest BCUT2D eigenvalue weighted by atomic mass is 10.4. The van der Waals surface area contributed by atoms with Gasteiger partial charge < -0.3 is 25.3 Å². The van der Waals surface area contributed by atoms with E-state index in [2.05, 4.69) is 13.8 Å². The summed E-state index contributed by atoms with van der Waals surface area (Å²) in [5.41, 5.74) is 4.74. The third kappa shape index (κ3) is 5.78. The summed E-state index contributed by atoms with van der Waals surface area (Å²) in [6, 6.07) is 0. The largest absolute Gasteiger partial charge is 0.357 e. The van der Waals surface area contributed by atoms with Gasteiger partial charge in [0.15, 0.2) is 0 Å². The molecule has 15 heavy (non-hydrogen) atoms. The lowest BCUT2D eigenvalue weighted by Gasteiger charge is -2.25. The molecular weight excluding hydrogens is 244 g/mol. The van der Waals surface area contributed by atoms with E-state index in [0.717, 1.165) is 0 Å². The van der Waals surface area contributed by atoms with Crippen LogP contribution >= 0.6 is 15.2 Å². The summed E-state index contributed by atoms with van der Waals surface area (Å²) in [7, 11) is -9.95. The van der Waals surface area contributed by atoms with Gasteiger partial charge in [0, 0.05) is 0 Å². The van der Waals surface area contributed by atoms with Crippen LogP contribution in [0.2, 0.25) is 0 Å². The third-order valence-corrected chi connectivity index (χ3v) is 5.60. The van der Waals surface area contributed by atoms with Gasteiger partial charge in [0.25, 0.3) is 0 Å². The minimum atomic E-state index is -4.98. The molecule has 7 nitrogen and oxygen atoms in total. The van der Waals surface area contributed by atoms with Crippen molar-refractivity contribution >= 4 is 15.2 Å². The van der Waals surface area contributed by atoms with Gasteiger partial charge in [0.05, 0.1) is 0 Å².